The molecule has 0 bridgehead atoms. The lowest BCUT2D eigenvalue weighted by atomic mass is 10.5. The van der Waals surface area contributed by atoms with Gasteiger partial charge in [-0.3, -0.25) is 0 Å². The zero-order valence-electron chi connectivity index (χ0n) is 6.57. The minimum Gasteiger partial charge on any atom is -0.340 e. The maximum Gasteiger partial charge on any atom is 0.225 e. The van der Waals surface area contributed by atoms with E-state index in [9.17, 15) is 0 Å². The van der Waals surface area contributed by atoms with Gasteiger partial charge in [0, 0.05) is 26.0 Å². The smallest absolute Gasteiger partial charge is 0.225 e. The Balaban J connectivity index is 2.68. The van der Waals surface area contributed by atoms with Crippen LogP contribution >= 0.6 is 0 Å². The van der Waals surface area contributed by atoms with Crippen LogP contribution in [0.1, 0.15) is 0 Å². The molecule has 0 atom stereocenters. The highest BCUT2D eigenvalue weighted by atomic mass is 15.2. The van der Waals surface area contributed by atoms with Crippen LogP contribution in [0, 0.1) is 0 Å². The van der Waals surface area contributed by atoms with Crippen LogP contribution in [0.4, 0.5) is 5.95 Å². The molecule has 0 fully saturated rings. The van der Waals surface area contributed by atoms with E-state index in [-0.39, 0.29) is 0 Å². The molecule has 0 radical (unpaired) electrons. The molecule has 0 aliphatic heterocycles. The van der Waals surface area contributed by atoms with E-state index in [1.807, 2.05) is 18.0 Å². The molecule has 58 valence electrons. The predicted octanol–water partition coefficient (Wildman–Crippen LogP) is 1.10. The van der Waals surface area contributed by atoms with E-state index in [2.05, 4.69) is 16.5 Å². The second-order valence-electron chi connectivity index (χ2n) is 2.22. The first-order chi connectivity index (χ1) is 5.34. The molecule has 0 aliphatic rings. The van der Waals surface area contributed by atoms with Crippen molar-refractivity contribution in [1.29, 1.82) is 0 Å². The summed E-state index contributed by atoms with van der Waals surface area (Å²) < 4.78 is 0. The van der Waals surface area contributed by atoms with Crippen LogP contribution in [0.3, 0.4) is 0 Å². The minimum atomic E-state index is 0.729. The number of anilines is 1. The summed E-state index contributed by atoms with van der Waals surface area (Å²) in [6, 6.07) is 1.80. The molecule has 0 aromatic carbocycles. The molecule has 0 N–H and O–H groups in total. The molecule has 1 aromatic heterocycles. The van der Waals surface area contributed by atoms with Crippen LogP contribution in [0.5, 0.6) is 0 Å². The van der Waals surface area contributed by atoms with Crippen molar-refractivity contribution in [3.05, 3.63) is 31.1 Å². The molecule has 0 saturated heterocycles. The van der Waals surface area contributed by atoms with Crippen molar-refractivity contribution < 1.29 is 0 Å². The molecular weight excluding hydrogens is 138 g/mol. The van der Waals surface area contributed by atoms with Gasteiger partial charge in [0.25, 0.3) is 0 Å². The summed E-state index contributed by atoms with van der Waals surface area (Å²) in [5.74, 6) is 0.729. The second-order valence-corrected chi connectivity index (χ2v) is 2.22. The van der Waals surface area contributed by atoms with Crippen LogP contribution in [0.25, 0.3) is 0 Å². The average Bonchev–Trinajstić information content (AvgIpc) is 2.07. The van der Waals surface area contributed by atoms with E-state index in [0.717, 1.165) is 12.5 Å². The summed E-state index contributed by atoms with van der Waals surface area (Å²) >= 11 is 0. The third kappa shape index (κ3) is 2.04. The molecule has 1 heterocycles. The molecule has 1 aromatic rings. The second kappa shape index (κ2) is 3.71. The summed E-state index contributed by atoms with van der Waals surface area (Å²) in [5.41, 5.74) is 0. The molecule has 3 heteroatoms. The third-order valence-corrected chi connectivity index (χ3v) is 1.30. The van der Waals surface area contributed by atoms with E-state index in [1.165, 1.54) is 0 Å². The van der Waals surface area contributed by atoms with Gasteiger partial charge >= 0.3 is 0 Å². The number of aromatic nitrogens is 2. The highest BCUT2D eigenvalue weighted by Crippen LogP contribution is 2.00. The van der Waals surface area contributed by atoms with E-state index >= 15 is 0 Å². The van der Waals surface area contributed by atoms with Gasteiger partial charge in [0.2, 0.25) is 5.95 Å². The molecule has 0 aliphatic carbocycles. The summed E-state index contributed by atoms with van der Waals surface area (Å²) in [4.78, 5) is 10.1. The Morgan fingerprint density at radius 2 is 2.18 bits per heavy atom. The van der Waals surface area contributed by atoms with Crippen LogP contribution in [0.2, 0.25) is 0 Å². The van der Waals surface area contributed by atoms with Crippen molar-refractivity contribution >= 4 is 5.95 Å². The number of hydrogen-bond acceptors (Lipinski definition) is 3. The normalized spacial score (nSPS) is 9.18. The molecule has 0 spiro atoms. The van der Waals surface area contributed by atoms with Crippen molar-refractivity contribution in [2.45, 2.75) is 0 Å². The molecule has 11 heavy (non-hydrogen) atoms. The number of rotatable bonds is 3. The fourth-order valence-electron chi connectivity index (χ4n) is 0.764. The lowest BCUT2D eigenvalue weighted by molar-refractivity contribution is 0.942. The Morgan fingerprint density at radius 1 is 1.55 bits per heavy atom. The standard InChI is InChI=1S/C8H11N3/c1-3-7-11(2)8-9-5-4-6-10-8/h3-6H,1,7H2,2H3. The van der Waals surface area contributed by atoms with E-state index in [4.69, 9.17) is 0 Å². The van der Waals surface area contributed by atoms with Gasteiger partial charge < -0.3 is 4.90 Å². The zero-order valence-corrected chi connectivity index (χ0v) is 6.57. The van der Waals surface area contributed by atoms with E-state index in [0.29, 0.717) is 0 Å². The first-order valence-corrected chi connectivity index (χ1v) is 3.43. The highest BCUT2D eigenvalue weighted by molar-refractivity contribution is 5.27. The first-order valence-electron chi connectivity index (χ1n) is 3.43. The Labute approximate surface area is 66.4 Å². The average molecular weight is 149 g/mol. The number of nitrogens with zero attached hydrogens (tertiary/aromatic N) is 3. The lowest BCUT2D eigenvalue weighted by Crippen LogP contribution is -2.18. The highest BCUT2D eigenvalue weighted by Gasteiger charge is 1.97. The SMILES string of the molecule is C=CCN(C)c1ncccn1. The van der Waals surface area contributed by atoms with Gasteiger partial charge in [0.15, 0.2) is 0 Å². The summed E-state index contributed by atoms with van der Waals surface area (Å²) in [6.07, 6.45) is 5.26. The van der Waals surface area contributed by atoms with Crippen LogP contribution < -0.4 is 4.90 Å². The van der Waals surface area contributed by atoms with Crippen molar-refractivity contribution in [2.75, 3.05) is 18.5 Å². The van der Waals surface area contributed by atoms with Crippen LogP contribution in [-0.4, -0.2) is 23.6 Å². The first kappa shape index (κ1) is 7.72. The quantitative estimate of drug-likeness (QED) is 0.602. The van der Waals surface area contributed by atoms with Crippen molar-refractivity contribution in [2.24, 2.45) is 0 Å². The number of likely N-dealkylation sites (N-methyl/N-ethyl adjacent to an activating group) is 1. The summed E-state index contributed by atoms with van der Waals surface area (Å²) in [7, 11) is 1.93. The Morgan fingerprint density at radius 3 is 2.73 bits per heavy atom. The fourth-order valence-corrected chi connectivity index (χ4v) is 0.764. The van der Waals surface area contributed by atoms with Crippen LogP contribution in [-0.2, 0) is 0 Å². The molecule has 1 rings (SSSR count). The minimum absolute atomic E-state index is 0.729. The van der Waals surface area contributed by atoms with Crippen molar-refractivity contribution in [3.63, 3.8) is 0 Å². The Bertz CT molecular complexity index is 220. The molecule has 3 nitrogen and oxygen atoms in total. The molecule has 0 saturated carbocycles. The topological polar surface area (TPSA) is 29.0 Å². The van der Waals surface area contributed by atoms with Gasteiger partial charge in [-0.15, -0.1) is 6.58 Å². The van der Waals surface area contributed by atoms with Gasteiger partial charge in [-0.2, -0.15) is 0 Å². The maximum atomic E-state index is 4.06. The van der Waals surface area contributed by atoms with E-state index in [1.54, 1.807) is 18.5 Å². The number of hydrogen-bond donors (Lipinski definition) is 0. The Kier molecular flexibility index (Phi) is 2.60. The zero-order chi connectivity index (χ0) is 8.10. The van der Waals surface area contributed by atoms with Gasteiger partial charge in [0.05, 0.1) is 0 Å². The van der Waals surface area contributed by atoms with Gasteiger partial charge in [0.1, 0.15) is 0 Å². The van der Waals surface area contributed by atoms with Gasteiger partial charge in [-0.25, -0.2) is 9.97 Å². The predicted molar refractivity (Wildman–Crippen MR) is 45.5 cm³/mol. The maximum absolute atomic E-state index is 4.06. The van der Waals surface area contributed by atoms with Crippen molar-refractivity contribution in [1.82, 2.24) is 9.97 Å². The third-order valence-electron chi connectivity index (χ3n) is 1.30. The molecule has 0 unspecified atom stereocenters. The lowest BCUT2D eigenvalue weighted by Gasteiger charge is -2.12. The van der Waals surface area contributed by atoms with Crippen LogP contribution in [0.15, 0.2) is 31.1 Å². The van der Waals surface area contributed by atoms with Crippen molar-refractivity contribution in [3.8, 4) is 0 Å². The summed E-state index contributed by atoms with van der Waals surface area (Å²) in [5, 5.41) is 0. The summed E-state index contributed by atoms with van der Waals surface area (Å²) in [6.45, 7) is 4.40. The van der Waals surface area contributed by atoms with Gasteiger partial charge in [-0.1, -0.05) is 6.08 Å². The Hall–Kier alpha value is -1.38. The van der Waals surface area contributed by atoms with E-state index < -0.39 is 0 Å². The largest absolute Gasteiger partial charge is 0.340 e. The van der Waals surface area contributed by atoms with Gasteiger partial charge in [-0.05, 0) is 6.07 Å². The fraction of sp³-hybridized carbons (Fsp3) is 0.250. The molecular formula is C8H11N3. The molecule has 0 amide bonds. The monoisotopic (exact) mass is 149 g/mol.